The predicted molar refractivity (Wildman–Crippen MR) is 94.7 cm³/mol. The Hall–Kier alpha value is -1.42. The number of halogens is 1. The fraction of sp³-hybridized carbons (Fsp3) is 0.650. The largest absolute Gasteiger partial charge is 0.481 e. The first-order chi connectivity index (χ1) is 11.6. The van der Waals surface area contributed by atoms with Gasteiger partial charge >= 0.3 is 5.97 Å². The highest BCUT2D eigenvalue weighted by molar-refractivity contribution is 5.69. The van der Waals surface area contributed by atoms with Crippen LogP contribution in [0.25, 0.3) is 0 Å². The van der Waals surface area contributed by atoms with Gasteiger partial charge in [0, 0.05) is 0 Å². The first-order valence-electron chi connectivity index (χ1n) is 9.30. The molecule has 1 saturated heterocycles. The molecular weight excluding hydrogens is 305 g/mol. The van der Waals surface area contributed by atoms with Crippen LogP contribution in [0.1, 0.15) is 63.4 Å². The molecule has 1 fully saturated rings. The average molecular weight is 335 g/mol. The number of carboxylic acid groups (broad SMARTS) is 1. The molecule has 3 nitrogen and oxygen atoms in total. The number of benzene rings is 1. The molecule has 1 aromatic carbocycles. The summed E-state index contributed by atoms with van der Waals surface area (Å²) >= 11 is 0. The molecule has 0 aromatic heterocycles. The van der Waals surface area contributed by atoms with Gasteiger partial charge in [0.25, 0.3) is 0 Å². The van der Waals surface area contributed by atoms with Crippen LogP contribution >= 0.6 is 0 Å². The maximum Gasteiger partial charge on any atom is 0.306 e. The molecule has 1 atom stereocenters. The van der Waals surface area contributed by atoms with E-state index in [0.29, 0.717) is 5.92 Å². The lowest BCUT2D eigenvalue weighted by Gasteiger charge is -2.32. The number of unbranched alkanes of at least 4 members (excludes halogenated alkanes) is 1. The van der Waals surface area contributed by atoms with E-state index in [1.807, 2.05) is 12.1 Å². The Bertz CT molecular complexity index is 495. The first kappa shape index (κ1) is 18.9. The van der Waals surface area contributed by atoms with Gasteiger partial charge in [-0.3, -0.25) is 4.79 Å². The molecule has 4 heteroatoms. The molecular formula is C20H30FNO2. The van der Waals surface area contributed by atoms with Crippen molar-refractivity contribution in [1.82, 2.24) is 4.90 Å². The number of likely N-dealkylation sites (tertiary alicyclic amines) is 1. The number of aliphatic carboxylic acids is 1. The number of hydrogen-bond donors (Lipinski definition) is 1. The van der Waals surface area contributed by atoms with E-state index in [1.165, 1.54) is 5.56 Å². The van der Waals surface area contributed by atoms with Crippen molar-refractivity contribution in [2.45, 2.75) is 57.8 Å². The number of carbonyl (C=O) groups is 1. The molecule has 1 unspecified atom stereocenters. The van der Waals surface area contributed by atoms with E-state index in [4.69, 9.17) is 0 Å². The smallest absolute Gasteiger partial charge is 0.306 e. The van der Waals surface area contributed by atoms with E-state index >= 15 is 0 Å². The maximum atomic E-state index is 13.0. The molecule has 0 aliphatic carbocycles. The van der Waals surface area contributed by atoms with Crippen molar-refractivity contribution in [3.8, 4) is 0 Å². The zero-order chi connectivity index (χ0) is 17.4. The summed E-state index contributed by atoms with van der Waals surface area (Å²) in [4.78, 5) is 13.7. The molecule has 1 aliphatic rings. The van der Waals surface area contributed by atoms with Crippen molar-refractivity contribution < 1.29 is 14.3 Å². The highest BCUT2D eigenvalue weighted by Gasteiger charge is 2.21. The first-order valence-corrected chi connectivity index (χ1v) is 9.30. The molecule has 1 aliphatic heterocycles. The van der Waals surface area contributed by atoms with Crippen LogP contribution in [-0.2, 0) is 4.79 Å². The predicted octanol–water partition coefficient (Wildman–Crippen LogP) is 4.68. The minimum atomic E-state index is -0.640. The zero-order valence-electron chi connectivity index (χ0n) is 14.7. The van der Waals surface area contributed by atoms with Crippen molar-refractivity contribution in [2.24, 2.45) is 5.92 Å². The SMILES string of the molecule is CCCCC(CCCN1CCC(c2ccc(F)cc2)CC1)C(=O)O. The van der Waals surface area contributed by atoms with Gasteiger partial charge in [0.15, 0.2) is 0 Å². The van der Waals surface area contributed by atoms with Crippen LogP contribution in [0.2, 0.25) is 0 Å². The number of nitrogens with zero attached hydrogens (tertiary/aromatic N) is 1. The van der Waals surface area contributed by atoms with Gasteiger partial charge < -0.3 is 10.0 Å². The van der Waals surface area contributed by atoms with Gasteiger partial charge in [0.05, 0.1) is 5.92 Å². The fourth-order valence-electron chi connectivity index (χ4n) is 3.63. The number of carboxylic acids is 1. The molecule has 24 heavy (non-hydrogen) atoms. The minimum Gasteiger partial charge on any atom is -0.481 e. The summed E-state index contributed by atoms with van der Waals surface area (Å²) in [6, 6.07) is 6.90. The Morgan fingerprint density at radius 1 is 1.21 bits per heavy atom. The molecule has 1 heterocycles. The molecule has 0 radical (unpaired) electrons. The minimum absolute atomic E-state index is 0.174. The van der Waals surface area contributed by atoms with Gasteiger partial charge in [-0.25, -0.2) is 4.39 Å². The summed E-state index contributed by atoms with van der Waals surface area (Å²) in [6.45, 7) is 5.19. The van der Waals surface area contributed by atoms with Crippen LogP contribution in [0.3, 0.4) is 0 Å². The van der Waals surface area contributed by atoms with Crippen LogP contribution in [-0.4, -0.2) is 35.6 Å². The number of rotatable bonds is 9. The second-order valence-corrected chi connectivity index (χ2v) is 6.99. The third-order valence-corrected chi connectivity index (χ3v) is 5.21. The van der Waals surface area contributed by atoms with Crippen LogP contribution in [0.15, 0.2) is 24.3 Å². The van der Waals surface area contributed by atoms with Gasteiger partial charge in [-0.2, -0.15) is 0 Å². The normalized spacial score (nSPS) is 17.8. The van der Waals surface area contributed by atoms with E-state index in [-0.39, 0.29) is 11.7 Å². The maximum absolute atomic E-state index is 13.0. The lowest BCUT2D eigenvalue weighted by Crippen LogP contribution is -2.34. The number of hydrogen-bond acceptors (Lipinski definition) is 2. The van der Waals surface area contributed by atoms with Crippen molar-refractivity contribution >= 4 is 5.97 Å². The van der Waals surface area contributed by atoms with E-state index in [2.05, 4.69) is 11.8 Å². The van der Waals surface area contributed by atoms with Gasteiger partial charge in [-0.05, 0) is 75.4 Å². The van der Waals surface area contributed by atoms with Gasteiger partial charge in [-0.1, -0.05) is 31.9 Å². The van der Waals surface area contributed by atoms with Gasteiger partial charge in [0.1, 0.15) is 5.82 Å². The van der Waals surface area contributed by atoms with E-state index in [1.54, 1.807) is 12.1 Å². The van der Waals surface area contributed by atoms with E-state index in [0.717, 1.165) is 64.6 Å². The molecule has 134 valence electrons. The highest BCUT2D eigenvalue weighted by atomic mass is 19.1. The Balaban J connectivity index is 1.69. The molecule has 1 N–H and O–H groups in total. The van der Waals surface area contributed by atoms with E-state index in [9.17, 15) is 14.3 Å². The summed E-state index contributed by atoms with van der Waals surface area (Å²) in [5, 5.41) is 9.28. The van der Waals surface area contributed by atoms with Gasteiger partial charge in [-0.15, -0.1) is 0 Å². The average Bonchev–Trinajstić information content (AvgIpc) is 2.59. The zero-order valence-corrected chi connectivity index (χ0v) is 14.7. The summed E-state index contributed by atoms with van der Waals surface area (Å²) in [7, 11) is 0. The Kier molecular flexibility index (Phi) is 7.70. The van der Waals surface area contributed by atoms with Gasteiger partial charge in [0.2, 0.25) is 0 Å². The summed E-state index contributed by atoms with van der Waals surface area (Å²) in [5.41, 5.74) is 1.24. The summed E-state index contributed by atoms with van der Waals surface area (Å²) in [5.74, 6) is -0.467. The molecule has 0 saturated carbocycles. The molecule has 1 aromatic rings. The second-order valence-electron chi connectivity index (χ2n) is 6.99. The molecule has 0 amide bonds. The quantitative estimate of drug-likeness (QED) is 0.712. The topological polar surface area (TPSA) is 40.5 Å². The third-order valence-electron chi connectivity index (χ3n) is 5.21. The van der Waals surface area contributed by atoms with Crippen molar-refractivity contribution in [2.75, 3.05) is 19.6 Å². The Morgan fingerprint density at radius 2 is 1.83 bits per heavy atom. The molecule has 2 rings (SSSR count). The highest BCUT2D eigenvalue weighted by Crippen LogP contribution is 2.28. The fourth-order valence-corrected chi connectivity index (χ4v) is 3.63. The summed E-state index contributed by atoms with van der Waals surface area (Å²) in [6.07, 6.45) is 6.81. The van der Waals surface area contributed by atoms with Crippen molar-refractivity contribution in [1.29, 1.82) is 0 Å². The third kappa shape index (κ3) is 5.90. The van der Waals surface area contributed by atoms with Crippen LogP contribution in [0.4, 0.5) is 4.39 Å². The molecule has 0 spiro atoms. The molecule has 0 bridgehead atoms. The van der Waals surface area contributed by atoms with Crippen LogP contribution < -0.4 is 0 Å². The van der Waals surface area contributed by atoms with Crippen molar-refractivity contribution in [3.63, 3.8) is 0 Å². The number of piperidine rings is 1. The monoisotopic (exact) mass is 335 g/mol. The Labute approximate surface area is 144 Å². The lowest BCUT2D eigenvalue weighted by atomic mass is 9.89. The summed E-state index contributed by atoms with van der Waals surface area (Å²) < 4.78 is 13.0. The van der Waals surface area contributed by atoms with Crippen molar-refractivity contribution in [3.05, 3.63) is 35.6 Å². The second kappa shape index (κ2) is 9.77. The standard InChI is InChI=1S/C20H30FNO2/c1-2-3-5-18(20(23)24)6-4-13-22-14-11-17(12-15-22)16-7-9-19(21)10-8-16/h7-10,17-18H,2-6,11-15H2,1H3,(H,23,24). The lowest BCUT2D eigenvalue weighted by molar-refractivity contribution is -0.142. The Morgan fingerprint density at radius 3 is 2.42 bits per heavy atom. The van der Waals surface area contributed by atoms with Crippen LogP contribution in [0, 0.1) is 11.7 Å². The van der Waals surface area contributed by atoms with E-state index < -0.39 is 5.97 Å². The van der Waals surface area contributed by atoms with Crippen LogP contribution in [0.5, 0.6) is 0 Å².